The van der Waals surface area contributed by atoms with Gasteiger partial charge in [0.2, 0.25) is 0 Å². The number of methoxy groups -OCH3 is 1. The molecule has 2 rings (SSSR count). The zero-order valence-corrected chi connectivity index (χ0v) is 17.2. The van der Waals surface area contributed by atoms with Gasteiger partial charge in [-0.1, -0.05) is 13.8 Å². The van der Waals surface area contributed by atoms with E-state index in [1.54, 1.807) is 7.11 Å². The molecule has 150 valence electrons. The van der Waals surface area contributed by atoms with E-state index in [0.29, 0.717) is 11.8 Å². The van der Waals surface area contributed by atoms with Crippen LogP contribution in [0, 0.1) is 11.8 Å². The van der Waals surface area contributed by atoms with Crippen LogP contribution in [0.1, 0.15) is 34.1 Å². The second-order valence-corrected chi connectivity index (χ2v) is 7.88. The molecule has 1 aromatic rings. The summed E-state index contributed by atoms with van der Waals surface area (Å²) in [5.74, 6) is 1.89. The van der Waals surface area contributed by atoms with Crippen LogP contribution >= 0.6 is 0 Å². The van der Waals surface area contributed by atoms with E-state index in [2.05, 4.69) is 19.2 Å². The molecule has 0 aromatic heterocycles. The summed E-state index contributed by atoms with van der Waals surface area (Å²) in [7, 11) is 1.61. The molecule has 4 atom stereocenters. The Bertz CT molecular complexity index is 622. The van der Waals surface area contributed by atoms with Gasteiger partial charge < -0.3 is 19.9 Å². The number of carbonyl (C=O) groups excluding carboxylic acids is 2. The molecule has 1 aliphatic heterocycles. The molecule has 1 unspecified atom stereocenters. The van der Waals surface area contributed by atoms with Gasteiger partial charge in [-0.05, 0) is 56.4 Å². The van der Waals surface area contributed by atoms with Crippen LogP contribution in [-0.2, 0) is 9.59 Å². The van der Waals surface area contributed by atoms with Gasteiger partial charge in [-0.2, -0.15) is 0 Å². The molecule has 1 fully saturated rings. The predicted octanol–water partition coefficient (Wildman–Crippen LogP) is 1.43. The third kappa shape index (κ3) is 5.96. The van der Waals surface area contributed by atoms with E-state index in [0.717, 1.165) is 36.0 Å². The molecule has 27 heavy (non-hydrogen) atoms. The predicted molar refractivity (Wildman–Crippen MR) is 107 cm³/mol. The Hall–Kier alpha value is -2.08. The normalized spacial score (nSPS) is 22.0. The van der Waals surface area contributed by atoms with Crippen molar-refractivity contribution in [2.45, 2.75) is 40.2 Å². The Labute approximate surface area is 162 Å². The first kappa shape index (κ1) is 21.2. The molecule has 1 saturated heterocycles. The largest absolute Gasteiger partial charge is 0.497 e. The van der Waals surface area contributed by atoms with Gasteiger partial charge in [0.1, 0.15) is 5.75 Å². The van der Waals surface area contributed by atoms with Crippen molar-refractivity contribution in [2.75, 3.05) is 38.6 Å². The lowest BCUT2D eigenvalue weighted by Crippen LogP contribution is -3.17. The Morgan fingerprint density at radius 2 is 1.81 bits per heavy atom. The zero-order chi connectivity index (χ0) is 20.0. The van der Waals surface area contributed by atoms with Crippen molar-refractivity contribution in [1.82, 2.24) is 4.90 Å². The van der Waals surface area contributed by atoms with Crippen LogP contribution in [0.25, 0.3) is 0 Å². The first-order chi connectivity index (χ1) is 12.8. The van der Waals surface area contributed by atoms with E-state index in [1.807, 2.05) is 43.0 Å². The van der Waals surface area contributed by atoms with Gasteiger partial charge in [0, 0.05) is 18.8 Å². The fraction of sp³-hybridized carbons (Fsp3) is 0.619. The Kier molecular flexibility index (Phi) is 7.66. The number of rotatable bonds is 7. The molecule has 0 spiro atoms. The lowest BCUT2D eigenvalue weighted by atomic mass is 9.91. The number of piperidine rings is 1. The van der Waals surface area contributed by atoms with Crippen molar-refractivity contribution < 1.29 is 19.2 Å². The summed E-state index contributed by atoms with van der Waals surface area (Å²) in [5.41, 5.74) is 0.730. The van der Waals surface area contributed by atoms with Gasteiger partial charge >= 0.3 is 0 Å². The number of ether oxygens (including phenoxy) is 1. The van der Waals surface area contributed by atoms with Gasteiger partial charge in [0.05, 0.1) is 13.7 Å². The summed E-state index contributed by atoms with van der Waals surface area (Å²) in [6.45, 7) is 11.0. The van der Waals surface area contributed by atoms with Crippen LogP contribution in [0.2, 0.25) is 0 Å². The highest BCUT2D eigenvalue weighted by Crippen LogP contribution is 2.21. The van der Waals surface area contributed by atoms with Crippen molar-refractivity contribution in [3.63, 3.8) is 0 Å². The highest BCUT2D eigenvalue weighted by atomic mass is 16.5. The first-order valence-corrected chi connectivity index (χ1v) is 9.91. The Balaban J connectivity index is 1.93. The molecule has 2 N–H and O–H groups in total. The number of nitrogens with one attached hydrogen (secondary N) is 2. The SMILES string of the molecule is CC[NH+](CC(=O)Nc1ccc(OC)cc1)[C@@H](C)C(=O)N1C[C@H](C)C[C@H](C)C1. The lowest BCUT2D eigenvalue weighted by molar-refractivity contribution is -0.904. The minimum atomic E-state index is -0.228. The molecule has 0 radical (unpaired) electrons. The van der Waals surface area contributed by atoms with Gasteiger partial charge in [-0.3, -0.25) is 9.59 Å². The molecule has 0 aliphatic carbocycles. The van der Waals surface area contributed by atoms with Crippen LogP contribution in [0.5, 0.6) is 5.75 Å². The van der Waals surface area contributed by atoms with Crippen molar-refractivity contribution in [1.29, 1.82) is 0 Å². The summed E-state index contributed by atoms with van der Waals surface area (Å²) in [6.07, 6.45) is 1.17. The standard InChI is InChI=1S/C21H33N3O3/c1-6-23(14-20(25)22-18-7-9-19(27-5)10-8-18)17(4)21(26)24-12-15(2)11-16(3)13-24/h7-10,15-17H,6,11-14H2,1-5H3,(H,22,25)/p+1/t15-,16+,17-/m0/s1. The number of hydrogen-bond donors (Lipinski definition) is 2. The lowest BCUT2D eigenvalue weighted by Gasteiger charge is -2.37. The molecule has 6 nitrogen and oxygen atoms in total. The van der Waals surface area contributed by atoms with Gasteiger partial charge in [-0.25, -0.2) is 0 Å². The topological polar surface area (TPSA) is 63.1 Å². The van der Waals surface area contributed by atoms with Crippen LogP contribution < -0.4 is 15.0 Å². The van der Waals surface area contributed by atoms with Crippen molar-refractivity contribution in [3.8, 4) is 5.75 Å². The number of quaternary nitrogens is 1. The average Bonchev–Trinajstić information content (AvgIpc) is 2.64. The molecule has 6 heteroatoms. The number of nitrogens with zero attached hydrogens (tertiary/aromatic N) is 1. The minimum absolute atomic E-state index is 0.0861. The minimum Gasteiger partial charge on any atom is -0.497 e. The van der Waals surface area contributed by atoms with E-state index < -0.39 is 0 Å². The summed E-state index contributed by atoms with van der Waals surface area (Å²) in [5, 5.41) is 2.91. The molecule has 2 amide bonds. The number of likely N-dealkylation sites (N-methyl/N-ethyl adjacent to an activating group) is 1. The quantitative estimate of drug-likeness (QED) is 0.757. The maximum atomic E-state index is 13.0. The summed E-state index contributed by atoms with van der Waals surface area (Å²) < 4.78 is 5.13. The van der Waals surface area contributed by atoms with Crippen LogP contribution in [0.4, 0.5) is 5.69 Å². The Morgan fingerprint density at radius 1 is 1.22 bits per heavy atom. The summed E-state index contributed by atoms with van der Waals surface area (Å²) >= 11 is 0. The third-order valence-electron chi connectivity index (χ3n) is 5.38. The van der Waals surface area contributed by atoms with Gasteiger partial charge in [0.15, 0.2) is 12.6 Å². The fourth-order valence-corrected chi connectivity index (χ4v) is 3.96. The second-order valence-electron chi connectivity index (χ2n) is 7.88. The first-order valence-electron chi connectivity index (χ1n) is 9.91. The highest BCUT2D eigenvalue weighted by Gasteiger charge is 2.33. The smallest absolute Gasteiger partial charge is 0.280 e. The number of likely N-dealkylation sites (tertiary alicyclic amines) is 1. The zero-order valence-electron chi connectivity index (χ0n) is 17.2. The van der Waals surface area contributed by atoms with Crippen LogP contribution in [-0.4, -0.2) is 56.0 Å². The summed E-state index contributed by atoms with van der Waals surface area (Å²) in [6, 6.07) is 7.02. The molecule has 1 aromatic carbocycles. The maximum absolute atomic E-state index is 13.0. The highest BCUT2D eigenvalue weighted by molar-refractivity contribution is 5.91. The van der Waals surface area contributed by atoms with Gasteiger partial charge in [-0.15, -0.1) is 0 Å². The molecule has 0 saturated carbocycles. The van der Waals surface area contributed by atoms with E-state index in [4.69, 9.17) is 4.74 Å². The van der Waals surface area contributed by atoms with E-state index >= 15 is 0 Å². The molecule has 0 bridgehead atoms. The van der Waals surface area contributed by atoms with E-state index in [1.165, 1.54) is 6.42 Å². The fourth-order valence-electron chi connectivity index (χ4n) is 3.96. The number of amides is 2. The van der Waals surface area contributed by atoms with Crippen molar-refractivity contribution >= 4 is 17.5 Å². The number of anilines is 1. The second kappa shape index (κ2) is 9.74. The van der Waals surface area contributed by atoms with Crippen LogP contribution in [0.3, 0.4) is 0 Å². The molecular weight excluding hydrogens is 342 g/mol. The van der Waals surface area contributed by atoms with Crippen molar-refractivity contribution in [3.05, 3.63) is 24.3 Å². The van der Waals surface area contributed by atoms with E-state index in [-0.39, 0.29) is 24.4 Å². The average molecular weight is 377 g/mol. The maximum Gasteiger partial charge on any atom is 0.280 e. The number of carbonyl (C=O) groups is 2. The Morgan fingerprint density at radius 3 is 2.33 bits per heavy atom. The molecule has 1 aliphatic rings. The molecular formula is C21H34N3O3+. The van der Waals surface area contributed by atoms with Crippen LogP contribution in [0.15, 0.2) is 24.3 Å². The third-order valence-corrected chi connectivity index (χ3v) is 5.38. The van der Waals surface area contributed by atoms with Gasteiger partial charge in [0.25, 0.3) is 11.8 Å². The monoisotopic (exact) mass is 376 g/mol. The van der Waals surface area contributed by atoms with Crippen molar-refractivity contribution in [2.24, 2.45) is 11.8 Å². The summed E-state index contributed by atoms with van der Waals surface area (Å²) in [4.78, 5) is 28.4. The van der Waals surface area contributed by atoms with E-state index in [9.17, 15) is 9.59 Å². The number of hydrogen-bond acceptors (Lipinski definition) is 3. The molecule has 1 heterocycles. The number of benzene rings is 1.